The van der Waals surface area contributed by atoms with E-state index in [4.69, 9.17) is 23.7 Å². The molecule has 1 aromatic heterocycles. The van der Waals surface area contributed by atoms with Crippen LogP contribution in [-0.2, 0) is 6.54 Å². The molecule has 0 saturated carbocycles. The van der Waals surface area contributed by atoms with Crippen molar-refractivity contribution in [1.82, 2.24) is 14.9 Å². The Morgan fingerprint density at radius 1 is 0.848 bits per heavy atom. The molecule has 5 rings (SSSR count). The number of fused-ring (bicyclic) bond motifs is 1. The molecule has 0 bridgehead atoms. The number of anilines is 1. The fraction of sp³-hybridized carbons (Fsp3) is 0.333. The van der Waals surface area contributed by atoms with E-state index in [-0.39, 0.29) is 0 Å². The van der Waals surface area contributed by atoms with E-state index < -0.39 is 0 Å². The summed E-state index contributed by atoms with van der Waals surface area (Å²) in [4.78, 5) is 13.6. The van der Waals surface area contributed by atoms with Crippen molar-refractivity contribution in [3.63, 3.8) is 0 Å². The topological polar surface area (TPSA) is 78.4 Å². The first-order valence-electron chi connectivity index (χ1n) is 10.8. The lowest BCUT2D eigenvalue weighted by Crippen LogP contribution is -2.46. The molecule has 0 N–H and O–H groups in total. The summed E-state index contributed by atoms with van der Waals surface area (Å²) in [6, 6.07) is 11.5. The molecule has 0 atom stereocenters. The molecular weight excluding hydrogens is 424 g/mol. The molecule has 0 amide bonds. The van der Waals surface area contributed by atoms with Crippen LogP contribution in [0.25, 0.3) is 0 Å². The van der Waals surface area contributed by atoms with Crippen LogP contribution < -0.4 is 28.6 Å². The minimum absolute atomic E-state index is 0.295. The highest BCUT2D eigenvalue weighted by molar-refractivity contribution is 5.52. The maximum absolute atomic E-state index is 6.08. The van der Waals surface area contributed by atoms with Gasteiger partial charge in [0.2, 0.25) is 6.79 Å². The molecular formula is C24H26N4O5. The number of benzene rings is 2. The molecule has 9 nitrogen and oxygen atoms in total. The van der Waals surface area contributed by atoms with Crippen LogP contribution in [0, 0.1) is 0 Å². The van der Waals surface area contributed by atoms with E-state index in [9.17, 15) is 0 Å². The Hall–Kier alpha value is -3.72. The number of piperazine rings is 1. The maximum atomic E-state index is 6.08. The highest BCUT2D eigenvalue weighted by atomic mass is 16.7. The Morgan fingerprint density at radius 2 is 1.64 bits per heavy atom. The summed E-state index contributed by atoms with van der Waals surface area (Å²) in [5.41, 5.74) is 1.21. The molecule has 9 heteroatoms. The summed E-state index contributed by atoms with van der Waals surface area (Å²) in [5, 5.41) is 0. The number of rotatable bonds is 7. The van der Waals surface area contributed by atoms with E-state index in [1.165, 1.54) is 5.56 Å². The molecule has 0 aliphatic carbocycles. The lowest BCUT2D eigenvalue weighted by atomic mass is 10.1. The zero-order valence-corrected chi connectivity index (χ0v) is 18.7. The molecule has 1 fully saturated rings. The second kappa shape index (κ2) is 9.41. The van der Waals surface area contributed by atoms with Crippen molar-refractivity contribution in [2.45, 2.75) is 6.54 Å². The van der Waals surface area contributed by atoms with Gasteiger partial charge in [0.05, 0.1) is 14.2 Å². The lowest BCUT2D eigenvalue weighted by Gasteiger charge is -2.35. The molecule has 2 aliphatic heterocycles. The van der Waals surface area contributed by atoms with Crippen LogP contribution >= 0.6 is 0 Å². The van der Waals surface area contributed by atoms with Crippen LogP contribution in [0.15, 0.2) is 48.8 Å². The van der Waals surface area contributed by atoms with Crippen LogP contribution in [0.1, 0.15) is 5.56 Å². The fourth-order valence-corrected chi connectivity index (χ4v) is 4.01. The standard InChI is InChI=1S/C24H26N4O5/c1-29-19-6-4-18(14-21(19)30-2)33-24-23(25-7-8-26-24)28-11-9-27(10-12-28)15-17-3-5-20-22(13-17)32-16-31-20/h3-8,13-14H,9-12,15-16H2,1-2H3. The zero-order valence-electron chi connectivity index (χ0n) is 18.7. The molecule has 0 unspecified atom stereocenters. The van der Waals surface area contributed by atoms with Crippen molar-refractivity contribution >= 4 is 5.82 Å². The minimum Gasteiger partial charge on any atom is -0.493 e. The van der Waals surface area contributed by atoms with Gasteiger partial charge in [-0.1, -0.05) is 6.07 Å². The van der Waals surface area contributed by atoms with Crippen molar-refractivity contribution in [2.24, 2.45) is 0 Å². The maximum Gasteiger partial charge on any atom is 0.263 e. The first kappa shape index (κ1) is 21.1. The van der Waals surface area contributed by atoms with Crippen LogP contribution in [0.4, 0.5) is 5.82 Å². The molecule has 3 heterocycles. The van der Waals surface area contributed by atoms with Gasteiger partial charge in [0.1, 0.15) is 5.75 Å². The normalized spacial score (nSPS) is 15.4. The molecule has 3 aromatic rings. The second-order valence-corrected chi connectivity index (χ2v) is 7.75. The van der Waals surface area contributed by atoms with Gasteiger partial charge in [-0.25, -0.2) is 9.97 Å². The SMILES string of the molecule is COc1ccc(Oc2nccnc2N2CCN(Cc3ccc4c(c3)OCO4)CC2)cc1OC. The van der Waals surface area contributed by atoms with Crippen LogP contribution in [-0.4, -0.2) is 62.1 Å². The molecule has 2 aliphatic rings. The van der Waals surface area contributed by atoms with Gasteiger partial charge in [-0.05, 0) is 29.8 Å². The van der Waals surface area contributed by atoms with Gasteiger partial charge in [-0.3, -0.25) is 4.90 Å². The predicted octanol–water partition coefficient (Wildman–Crippen LogP) is 3.34. The molecule has 1 saturated heterocycles. The number of hydrogen-bond donors (Lipinski definition) is 0. The Kier molecular flexibility index (Phi) is 6.03. The average molecular weight is 450 g/mol. The van der Waals surface area contributed by atoms with Gasteiger partial charge < -0.3 is 28.6 Å². The Labute approximate surface area is 192 Å². The fourth-order valence-electron chi connectivity index (χ4n) is 4.01. The first-order chi connectivity index (χ1) is 16.2. The summed E-state index contributed by atoms with van der Waals surface area (Å²) < 4.78 is 27.7. The van der Waals surface area contributed by atoms with Gasteiger partial charge in [0.15, 0.2) is 28.8 Å². The Morgan fingerprint density at radius 3 is 2.45 bits per heavy atom. The highest BCUT2D eigenvalue weighted by Crippen LogP contribution is 2.35. The number of hydrogen-bond acceptors (Lipinski definition) is 9. The minimum atomic E-state index is 0.295. The smallest absolute Gasteiger partial charge is 0.263 e. The molecule has 0 spiro atoms. The largest absolute Gasteiger partial charge is 0.493 e. The summed E-state index contributed by atoms with van der Waals surface area (Å²) in [5.74, 6) is 4.68. The quantitative estimate of drug-likeness (QED) is 0.538. The number of ether oxygens (including phenoxy) is 5. The van der Waals surface area contributed by atoms with Crippen molar-refractivity contribution in [1.29, 1.82) is 0 Å². The van der Waals surface area contributed by atoms with Gasteiger partial charge in [-0.2, -0.15) is 0 Å². The van der Waals surface area contributed by atoms with Crippen molar-refractivity contribution in [2.75, 3.05) is 52.1 Å². The van der Waals surface area contributed by atoms with Crippen molar-refractivity contribution in [3.8, 4) is 34.6 Å². The third-order valence-corrected chi connectivity index (χ3v) is 5.73. The Bertz CT molecular complexity index is 1120. The average Bonchev–Trinajstić information content (AvgIpc) is 3.33. The molecule has 2 aromatic carbocycles. The molecule has 33 heavy (non-hydrogen) atoms. The van der Waals surface area contributed by atoms with E-state index >= 15 is 0 Å². The lowest BCUT2D eigenvalue weighted by molar-refractivity contribution is 0.174. The third-order valence-electron chi connectivity index (χ3n) is 5.73. The van der Waals surface area contributed by atoms with E-state index in [1.54, 1.807) is 38.7 Å². The summed E-state index contributed by atoms with van der Waals surface area (Å²) >= 11 is 0. The van der Waals surface area contributed by atoms with Gasteiger partial charge in [-0.15, -0.1) is 0 Å². The van der Waals surface area contributed by atoms with Crippen molar-refractivity contribution < 1.29 is 23.7 Å². The number of methoxy groups -OCH3 is 2. The Balaban J connectivity index is 1.24. The van der Waals surface area contributed by atoms with Crippen LogP contribution in [0.5, 0.6) is 34.6 Å². The van der Waals surface area contributed by atoms with E-state index in [2.05, 4.69) is 31.9 Å². The van der Waals surface area contributed by atoms with Gasteiger partial charge in [0, 0.05) is 51.2 Å². The van der Waals surface area contributed by atoms with Crippen molar-refractivity contribution in [3.05, 3.63) is 54.4 Å². The summed E-state index contributed by atoms with van der Waals surface area (Å²) in [6.07, 6.45) is 3.32. The highest BCUT2D eigenvalue weighted by Gasteiger charge is 2.23. The second-order valence-electron chi connectivity index (χ2n) is 7.75. The summed E-state index contributed by atoms with van der Waals surface area (Å²) in [7, 11) is 3.20. The van der Waals surface area contributed by atoms with Gasteiger partial charge in [0.25, 0.3) is 5.88 Å². The van der Waals surface area contributed by atoms with Gasteiger partial charge >= 0.3 is 0 Å². The molecule has 0 radical (unpaired) electrons. The van der Waals surface area contributed by atoms with E-state index in [1.807, 2.05) is 12.1 Å². The molecule has 172 valence electrons. The van der Waals surface area contributed by atoms with E-state index in [0.717, 1.165) is 50.0 Å². The first-order valence-corrected chi connectivity index (χ1v) is 10.8. The predicted molar refractivity (Wildman–Crippen MR) is 122 cm³/mol. The van der Waals surface area contributed by atoms with Crippen LogP contribution in [0.3, 0.4) is 0 Å². The number of nitrogens with zero attached hydrogens (tertiary/aromatic N) is 4. The summed E-state index contributed by atoms with van der Waals surface area (Å²) in [6.45, 7) is 4.61. The van der Waals surface area contributed by atoms with Crippen LogP contribution in [0.2, 0.25) is 0 Å². The van der Waals surface area contributed by atoms with E-state index in [0.29, 0.717) is 29.9 Å². The number of aromatic nitrogens is 2. The zero-order chi connectivity index (χ0) is 22.6. The monoisotopic (exact) mass is 450 g/mol. The third kappa shape index (κ3) is 4.58.